The molecule has 3 N–H and O–H groups in total. The van der Waals surface area contributed by atoms with Gasteiger partial charge in [-0.05, 0) is 36.8 Å². The first kappa shape index (κ1) is 15.3. The minimum atomic E-state index is -1.06. The molecule has 6 heteroatoms. The first-order valence-corrected chi connectivity index (χ1v) is 7.44. The van der Waals surface area contributed by atoms with Crippen LogP contribution in [0.15, 0.2) is 36.5 Å². The monoisotopic (exact) mass is 314 g/mol. The van der Waals surface area contributed by atoms with Gasteiger partial charge < -0.3 is 20.3 Å². The number of aromatic carboxylic acids is 1. The van der Waals surface area contributed by atoms with Gasteiger partial charge in [0.1, 0.15) is 5.75 Å². The van der Waals surface area contributed by atoms with Crippen molar-refractivity contribution >= 4 is 11.7 Å². The highest BCUT2D eigenvalue weighted by Gasteiger charge is 2.16. The van der Waals surface area contributed by atoms with Crippen molar-refractivity contribution in [2.45, 2.75) is 6.42 Å². The fraction of sp³-hybridized carbons (Fsp3) is 0.294. The van der Waals surface area contributed by atoms with Crippen LogP contribution in [0.5, 0.6) is 5.75 Å². The summed E-state index contributed by atoms with van der Waals surface area (Å²) in [5.41, 5.74) is 7.33. The Kier molecular flexibility index (Phi) is 4.43. The smallest absolute Gasteiger partial charge is 0.337 e. The highest BCUT2D eigenvalue weighted by molar-refractivity contribution is 5.97. The van der Waals surface area contributed by atoms with Gasteiger partial charge >= 0.3 is 5.97 Å². The van der Waals surface area contributed by atoms with E-state index in [1.165, 1.54) is 12.3 Å². The average Bonchev–Trinajstić information content (AvgIpc) is 3.07. The number of nitrogens with two attached hydrogens (primary N) is 1. The van der Waals surface area contributed by atoms with E-state index in [0.717, 1.165) is 30.9 Å². The number of ether oxygens (including phenoxy) is 2. The van der Waals surface area contributed by atoms with Gasteiger partial charge in [0.15, 0.2) is 0 Å². The Labute approximate surface area is 133 Å². The zero-order valence-electron chi connectivity index (χ0n) is 12.6. The van der Waals surface area contributed by atoms with Crippen molar-refractivity contribution in [2.75, 3.05) is 25.6 Å². The third kappa shape index (κ3) is 3.43. The lowest BCUT2D eigenvalue weighted by Gasteiger charge is -2.11. The van der Waals surface area contributed by atoms with Crippen LogP contribution in [0.4, 0.5) is 5.69 Å². The molecule has 2 aromatic rings. The SMILES string of the molecule is Nc1c(C(=O)O)ccnc1-c1ccc(OCC2CCOC2)cc1. The summed E-state index contributed by atoms with van der Waals surface area (Å²) >= 11 is 0. The standard InChI is InChI=1S/C17H18N2O4/c18-15-14(17(20)21)5-7-19-16(15)12-1-3-13(4-2-12)23-10-11-6-8-22-9-11/h1-5,7,11H,6,8-10,18H2,(H,20,21). The second-order valence-electron chi connectivity index (χ2n) is 5.49. The maximum Gasteiger partial charge on any atom is 0.337 e. The van der Waals surface area contributed by atoms with Crippen LogP contribution >= 0.6 is 0 Å². The average molecular weight is 314 g/mol. The number of aromatic nitrogens is 1. The molecule has 3 rings (SSSR count). The van der Waals surface area contributed by atoms with Crippen molar-refractivity contribution in [3.8, 4) is 17.0 Å². The lowest BCUT2D eigenvalue weighted by Crippen LogP contribution is -2.11. The normalized spacial score (nSPS) is 17.1. The van der Waals surface area contributed by atoms with E-state index < -0.39 is 5.97 Å². The van der Waals surface area contributed by atoms with Gasteiger partial charge in [-0.1, -0.05) is 0 Å². The van der Waals surface area contributed by atoms with E-state index in [2.05, 4.69) is 4.98 Å². The zero-order valence-corrected chi connectivity index (χ0v) is 12.6. The van der Waals surface area contributed by atoms with Crippen LogP contribution in [-0.2, 0) is 4.74 Å². The molecule has 0 aliphatic carbocycles. The number of hydrogen-bond donors (Lipinski definition) is 2. The van der Waals surface area contributed by atoms with Crippen LogP contribution in [0.3, 0.4) is 0 Å². The van der Waals surface area contributed by atoms with Crippen LogP contribution in [0, 0.1) is 5.92 Å². The molecule has 1 unspecified atom stereocenters. The molecule has 0 amide bonds. The van der Waals surface area contributed by atoms with Gasteiger partial charge in [0.2, 0.25) is 0 Å². The van der Waals surface area contributed by atoms with Crippen LogP contribution in [-0.4, -0.2) is 35.9 Å². The molecule has 1 aromatic heterocycles. The maximum absolute atomic E-state index is 11.1. The second kappa shape index (κ2) is 6.66. The molecule has 0 spiro atoms. The third-order valence-corrected chi connectivity index (χ3v) is 3.86. The maximum atomic E-state index is 11.1. The van der Waals surface area contributed by atoms with Crippen LogP contribution in [0.2, 0.25) is 0 Å². The summed E-state index contributed by atoms with van der Waals surface area (Å²) < 4.78 is 11.1. The Morgan fingerprint density at radius 2 is 2.13 bits per heavy atom. The minimum Gasteiger partial charge on any atom is -0.493 e. The number of nitrogen functional groups attached to an aromatic ring is 1. The number of hydrogen-bond acceptors (Lipinski definition) is 5. The lowest BCUT2D eigenvalue weighted by molar-refractivity contribution is 0.0698. The summed E-state index contributed by atoms with van der Waals surface area (Å²) in [7, 11) is 0. The topological polar surface area (TPSA) is 94.7 Å². The van der Waals surface area contributed by atoms with Gasteiger partial charge in [0.25, 0.3) is 0 Å². The summed E-state index contributed by atoms with van der Waals surface area (Å²) in [5, 5.41) is 9.12. The molecule has 1 fully saturated rings. The Hall–Kier alpha value is -2.60. The highest BCUT2D eigenvalue weighted by Crippen LogP contribution is 2.28. The van der Waals surface area contributed by atoms with Gasteiger partial charge in [-0.15, -0.1) is 0 Å². The van der Waals surface area contributed by atoms with Crippen molar-refractivity contribution in [1.82, 2.24) is 4.98 Å². The minimum absolute atomic E-state index is 0.0524. The number of pyridine rings is 1. The van der Waals surface area contributed by atoms with Gasteiger partial charge in [-0.2, -0.15) is 0 Å². The molecule has 120 valence electrons. The Morgan fingerprint density at radius 1 is 1.35 bits per heavy atom. The highest BCUT2D eigenvalue weighted by atomic mass is 16.5. The molecule has 1 aromatic carbocycles. The number of rotatable bonds is 5. The molecule has 0 bridgehead atoms. The van der Waals surface area contributed by atoms with Gasteiger partial charge in [0.05, 0.1) is 30.2 Å². The fourth-order valence-corrected chi connectivity index (χ4v) is 2.53. The van der Waals surface area contributed by atoms with Crippen LogP contribution in [0.25, 0.3) is 11.3 Å². The number of anilines is 1. The fourth-order valence-electron chi connectivity index (χ4n) is 2.53. The summed E-state index contributed by atoms with van der Waals surface area (Å²) in [5.74, 6) is 0.137. The van der Waals surface area contributed by atoms with Crippen molar-refractivity contribution in [3.63, 3.8) is 0 Å². The Balaban J connectivity index is 1.74. The number of carboxylic acid groups (broad SMARTS) is 1. The van der Waals surface area contributed by atoms with E-state index >= 15 is 0 Å². The molecule has 1 saturated heterocycles. The van der Waals surface area contributed by atoms with Crippen molar-refractivity contribution < 1.29 is 19.4 Å². The number of carbonyl (C=O) groups is 1. The predicted molar refractivity (Wildman–Crippen MR) is 85.5 cm³/mol. The summed E-state index contributed by atoms with van der Waals surface area (Å²) in [6.07, 6.45) is 2.47. The van der Waals surface area contributed by atoms with E-state index in [1.807, 2.05) is 24.3 Å². The second-order valence-corrected chi connectivity index (χ2v) is 5.49. The number of nitrogens with zero attached hydrogens (tertiary/aromatic N) is 1. The molecule has 1 aliphatic heterocycles. The third-order valence-electron chi connectivity index (χ3n) is 3.86. The van der Waals surface area contributed by atoms with Crippen LogP contribution < -0.4 is 10.5 Å². The van der Waals surface area contributed by atoms with E-state index in [1.54, 1.807) is 0 Å². The molecule has 0 radical (unpaired) electrons. The molecule has 6 nitrogen and oxygen atoms in total. The number of benzene rings is 1. The molecular weight excluding hydrogens is 296 g/mol. The van der Waals surface area contributed by atoms with Crippen molar-refractivity contribution in [3.05, 3.63) is 42.1 Å². The molecule has 0 saturated carbocycles. The molecular formula is C17H18N2O4. The lowest BCUT2D eigenvalue weighted by atomic mass is 10.1. The van der Waals surface area contributed by atoms with Crippen LogP contribution in [0.1, 0.15) is 16.8 Å². The molecule has 2 heterocycles. The summed E-state index contributed by atoms with van der Waals surface area (Å²) in [4.78, 5) is 15.3. The molecule has 1 aliphatic rings. The largest absolute Gasteiger partial charge is 0.493 e. The first-order chi connectivity index (χ1) is 11.1. The summed E-state index contributed by atoms with van der Waals surface area (Å²) in [6, 6.07) is 8.71. The van der Waals surface area contributed by atoms with Gasteiger partial charge in [-0.3, -0.25) is 4.98 Å². The van der Waals surface area contributed by atoms with E-state index in [-0.39, 0.29) is 11.3 Å². The van der Waals surface area contributed by atoms with Crippen molar-refractivity contribution in [1.29, 1.82) is 0 Å². The Morgan fingerprint density at radius 3 is 2.78 bits per heavy atom. The Bertz CT molecular complexity index is 694. The van der Waals surface area contributed by atoms with Gasteiger partial charge in [0, 0.05) is 24.3 Å². The molecule has 23 heavy (non-hydrogen) atoms. The summed E-state index contributed by atoms with van der Waals surface area (Å²) in [6.45, 7) is 2.19. The van der Waals surface area contributed by atoms with Gasteiger partial charge in [-0.25, -0.2) is 4.79 Å². The number of carboxylic acids is 1. The predicted octanol–water partition coefficient (Wildman–Crippen LogP) is 2.44. The van der Waals surface area contributed by atoms with E-state index in [4.69, 9.17) is 20.3 Å². The first-order valence-electron chi connectivity index (χ1n) is 7.44. The van der Waals surface area contributed by atoms with E-state index in [9.17, 15) is 4.79 Å². The zero-order chi connectivity index (χ0) is 16.2. The molecule has 1 atom stereocenters. The quantitative estimate of drug-likeness (QED) is 0.880. The van der Waals surface area contributed by atoms with E-state index in [0.29, 0.717) is 18.2 Å². The van der Waals surface area contributed by atoms with Crippen molar-refractivity contribution in [2.24, 2.45) is 5.92 Å².